The van der Waals surface area contributed by atoms with Crippen LogP contribution in [0.1, 0.15) is 10.4 Å². The molecule has 0 atom stereocenters. The maximum absolute atomic E-state index is 12.3. The molecule has 3 heterocycles. The number of methoxy groups -OCH3 is 1. The van der Waals surface area contributed by atoms with Crippen LogP contribution in [-0.2, 0) is 4.74 Å². The first-order chi connectivity index (χ1) is 17.1. The Balaban J connectivity index is 1.32. The topological polar surface area (TPSA) is 114 Å². The quantitative estimate of drug-likeness (QED) is 0.220. The Morgan fingerprint density at radius 2 is 1.86 bits per heavy atom. The molecule has 3 N–H and O–H groups in total. The van der Waals surface area contributed by atoms with E-state index in [9.17, 15) is 4.79 Å². The summed E-state index contributed by atoms with van der Waals surface area (Å²) >= 11 is 1.46. The van der Waals surface area contributed by atoms with Crippen molar-refractivity contribution in [3.05, 3.63) is 54.4 Å². The maximum Gasteiger partial charge on any atom is 0.253 e. The number of nitrogens with zero attached hydrogens (tertiary/aromatic N) is 4. The van der Waals surface area contributed by atoms with Gasteiger partial charge in [0.05, 0.1) is 32.1 Å². The lowest BCUT2D eigenvalue weighted by Gasteiger charge is -2.28. The van der Waals surface area contributed by atoms with Gasteiger partial charge in [0.2, 0.25) is 0 Å². The zero-order valence-corrected chi connectivity index (χ0v) is 20.6. The van der Waals surface area contributed by atoms with Crippen LogP contribution in [0, 0.1) is 0 Å². The number of carbonyl (C=O) groups is 1. The molecule has 1 aliphatic rings. The SMILES string of the molecule is COc1cncc(C(=O)NCCNc2cc(Nc3ccc(N4CCOCC4)cc3)nc(SC)n2)c1. The van der Waals surface area contributed by atoms with Crippen molar-refractivity contribution in [1.82, 2.24) is 20.3 Å². The smallest absolute Gasteiger partial charge is 0.253 e. The lowest BCUT2D eigenvalue weighted by molar-refractivity contribution is 0.0954. The van der Waals surface area contributed by atoms with Crippen molar-refractivity contribution >= 4 is 40.7 Å². The molecular formula is C24H29N7O3S. The average Bonchev–Trinajstić information content (AvgIpc) is 2.91. The molecule has 0 saturated carbocycles. The number of pyridine rings is 1. The van der Waals surface area contributed by atoms with E-state index in [4.69, 9.17) is 9.47 Å². The van der Waals surface area contributed by atoms with Crippen LogP contribution in [0.15, 0.2) is 53.9 Å². The molecule has 3 aromatic rings. The summed E-state index contributed by atoms with van der Waals surface area (Å²) in [4.78, 5) is 27.7. The van der Waals surface area contributed by atoms with Crippen molar-refractivity contribution in [2.45, 2.75) is 5.16 Å². The van der Waals surface area contributed by atoms with Gasteiger partial charge >= 0.3 is 0 Å². The largest absolute Gasteiger partial charge is 0.495 e. The summed E-state index contributed by atoms with van der Waals surface area (Å²) in [5.41, 5.74) is 2.57. The van der Waals surface area contributed by atoms with Crippen LogP contribution < -0.4 is 25.6 Å². The Hall–Kier alpha value is -3.57. The fraction of sp³-hybridized carbons (Fsp3) is 0.333. The standard InChI is InChI=1S/C24H29N7O3S/c1-33-20-13-17(15-25-16-20)23(32)27-8-7-26-21-14-22(30-24(29-21)35-2)28-18-3-5-19(6-4-18)31-9-11-34-12-10-31/h3-6,13-16H,7-12H2,1-2H3,(H,27,32)(H2,26,28,29,30). The number of hydrogen-bond donors (Lipinski definition) is 3. The molecule has 1 aromatic carbocycles. The van der Waals surface area contributed by atoms with E-state index in [0.29, 0.717) is 41.2 Å². The summed E-state index contributed by atoms with van der Waals surface area (Å²) in [5, 5.41) is 10.1. The molecule has 0 unspecified atom stereocenters. The third kappa shape index (κ3) is 6.96. The van der Waals surface area contributed by atoms with E-state index in [-0.39, 0.29) is 5.91 Å². The predicted molar refractivity (Wildman–Crippen MR) is 138 cm³/mol. The number of rotatable bonds is 10. The highest BCUT2D eigenvalue weighted by Gasteiger charge is 2.11. The Morgan fingerprint density at radius 3 is 2.60 bits per heavy atom. The molecule has 4 rings (SSSR count). The van der Waals surface area contributed by atoms with E-state index < -0.39 is 0 Å². The summed E-state index contributed by atoms with van der Waals surface area (Å²) in [6.07, 6.45) is 5.00. The van der Waals surface area contributed by atoms with E-state index >= 15 is 0 Å². The number of hydrogen-bond acceptors (Lipinski definition) is 10. The van der Waals surface area contributed by atoms with Crippen molar-refractivity contribution in [3.8, 4) is 5.75 Å². The second-order valence-electron chi connectivity index (χ2n) is 7.69. The first-order valence-electron chi connectivity index (χ1n) is 11.3. The van der Waals surface area contributed by atoms with Gasteiger partial charge in [-0.25, -0.2) is 9.97 Å². The highest BCUT2D eigenvalue weighted by molar-refractivity contribution is 7.98. The average molecular weight is 496 g/mol. The third-order valence-electron chi connectivity index (χ3n) is 5.33. The van der Waals surface area contributed by atoms with Crippen LogP contribution in [0.3, 0.4) is 0 Å². The van der Waals surface area contributed by atoms with E-state index in [0.717, 1.165) is 32.0 Å². The van der Waals surface area contributed by atoms with Gasteiger partial charge in [-0.2, -0.15) is 0 Å². The van der Waals surface area contributed by atoms with Crippen LogP contribution in [0.5, 0.6) is 5.75 Å². The minimum Gasteiger partial charge on any atom is -0.495 e. The Kier molecular flexibility index (Phi) is 8.58. The second kappa shape index (κ2) is 12.2. The molecule has 0 radical (unpaired) electrons. The van der Waals surface area contributed by atoms with E-state index in [2.05, 4.69) is 47.9 Å². The zero-order valence-electron chi connectivity index (χ0n) is 19.8. The number of thioether (sulfide) groups is 1. The van der Waals surface area contributed by atoms with Crippen LogP contribution in [0.25, 0.3) is 0 Å². The number of carbonyl (C=O) groups excluding carboxylic acids is 1. The van der Waals surface area contributed by atoms with Gasteiger partial charge in [-0.15, -0.1) is 0 Å². The van der Waals surface area contributed by atoms with E-state index in [1.54, 1.807) is 12.3 Å². The molecule has 0 spiro atoms. The highest BCUT2D eigenvalue weighted by atomic mass is 32.2. The summed E-state index contributed by atoms with van der Waals surface area (Å²) in [6, 6.07) is 11.8. The van der Waals surface area contributed by atoms with Crippen LogP contribution in [0.4, 0.5) is 23.0 Å². The number of nitrogens with one attached hydrogen (secondary N) is 3. The summed E-state index contributed by atoms with van der Waals surface area (Å²) < 4.78 is 10.5. The summed E-state index contributed by atoms with van der Waals surface area (Å²) in [6.45, 7) is 4.25. The number of amides is 1. The number of benzene rings is 1. The lowest BCUT2D eigenvalue weighted by Crippen LogP contribution is -2.36. The molecule has 184 valence electrons. The van der Waals surface area contributed by atoms with E-state index in [1.165, 1.54) is 30.8 Å². The van der Waals surface area contributed by atoms with Crippen LogP contribution in [-0.4, -0.2) is 73.6 Å². The molecule has 0 aliphatic carbocycles. The molecule has 0 bridgehead atoms. The second-order valence-corrected chi connectivity index (χ2v) is 8.47. The fourth-order valence-electron chi connectivity index (χ4n) is 3.52. The third-order valence-corrected chi connectivity index (χ3v) is 5.88. The zero-order chi connectivity index (χ0) is 24.5. The van der Waals surface area contributed by atoms with Crippen molar-refractivity contribution < 1.29 is 14.3 Å². The molecule has 1 fully saturated rings. The predicted octanol–water partition coefficient (Wildman–Crippen LogP) is 3.02. The van der Waals surface area contributed by atoms with Crippen LogP contribution in [0.2, 0.25) is 0 Å². The number of ether oxygens (including phenoxy) is 2. The minimum atomic E-state index is -0.214. The normalized spacial score (nSPS) is 13.3. The molecule has 11 heteroatoms. The maximum atomic E-state index is 12.3. The fourth-order valence-corrected chi connectivity index (χ4v) is 3.90. The van der Waals surface area contributed by atoms with Gasteiger partial charge in [0, 0.05) is 49.8 Å². The van der Waals surface area contributed by atoms with Gasteiger partial charge in [0.1, 0.15) is 17.4 Å². The van der Waals surface area contributed by atoms with Gasteiger partial charge in [-0.05, 0) is 36.6 Å². The first kappa shape index (κ1) is 24.6. The van der Waals surface area contributed by atoms with E-state index in [1.807, 2.05) is 24.5 Å². The monoisotopic (exact) mass is 495 g/mol. The number of morpholine rings is 1. The van der Waals surface area contributed by atoms with Gasteiger partial charge in [-0.1, -0.05) is 11.8 Å². The van der Waals surface area contributed by atoms with Crippen LogP contribution >= 0.6 is 11.8 Å². The van der Waals surface area contributed by atoms with Crippen molar-refractivity contribution in [3.63, 3.8) is 0 Å². The summed E-state index contributed by atoms with van der Waals surface area (Å²) in [7, 11) is 1.54. The first-order valence-corrected chi connectivity index (χ1v) is 12.5. The molecule has 35 heavy (non-hydrogen) atoms. The minimum absolute atomic E-state index is 0.214. The Bertz CT molecular complexity index is 1120. The van der Waals surface area contributed by atoms with Gasteiger partial charge < -0.3 is 30.3 Å². The van der Waals surface area contributed by atoms with Crippen molar-refractivity contribution in [1.29, 1.82) is 0 Å². The number of aromatic nitrogens is 3. The highest BCUT2D eigenvalue weighted by Crippen LogP contribution is 2.23. The lowest BCUT2D eigenvalue weighted by atomic mass is 10.2. The Morgan fingerprint density at radius 1 is 1.09 bits per heavy atom. The van der Waals surface area contributed by atoms with Crippen molar-refractivity contribution in [2.24, 2.45) is 0 Å². The molecule has 2 aromatic heterocycles. The van der Waals surface area contributed by atoms with Gasteiger partial charge in [-0.3, -0.25) is 9.78 Å². The molecule has 1 amide bonds. The van der Waals surface area contributed by atoms with Gasteiger partial charge in [0.15, 0.2) is 5.16 Å². The Labute approximate surface area is 208 Å². The van der Waals surface area contributed by atoms with Gasteiger partial charge in [0.25, 0.3) is 5.91 Å². The van der Waals surface area contributed by atoms with Crippen molar-refractivity contribution in [2.75, 3.05) is 68.3 Å². The summed E-state index contributed by atoms with van der Waals surface area (Å²) in [5.74, 6) is 1.69. The molecule has 1 saturated heterocycles. The number of anilines is 4. The molecule has 1 aliphatic heterocycles. The molecular weight excluding hydrogens is 466 g/mol. The molecule has 10 nitrogen and oxygen atoms in total.